The zero-order chi connectivity index (χ0) is 21.0. The number of rotatable bonds is 8. The molecule has 8 nitrogen and oxygen atoms in total. The Morgan fingerprint density at radius 3 is 2.52 bits per heavy atom. The Morgan fingerprint density at radius 2 is 1.86 bits per heavy atom. The molecule has 0 bridgehead atoms. The number of methoxy groups -OCH3 is 1. The number of para-hydroxylation sites is 2. The summed E-state index contributed by atoms with van der Waals surface area (Å²) in [5, 5.41) is 2.76. The predicted octanol–water partition coefficient (Wildman–Crippen LogP) is 2.05. The molecule has 29 heavy (non-hydrogen) atoms. The molecule has 2 N–H and O–H groups in total. The van der Waals surface area contributed by atoms with Gasteiger partial charge in [0.25, 0.3) is 0 Å². The van der Waals surface area contributed by atoms with Gasteiger partial charge in [-0.25, -0.2) is 13.4 Å². The number of aryl methyl sites for hydroxylation is 1. The first-order chi connectivity index (χ1) is 13.9. The molecule has 0 unspecified atom stereocenters. The molecule has 0 saturated heterocycles. The van der Waals surface area contributed by atoms with Crippen molar-refractivity contribution >= 4 is 27.0 Å². The van der Waals surface area contributed by atoms with Crippen LogP contribution in [-0.4, -0.2) is 37.0 Å². The zero-order valence-corrected chi connectivity index (χ0v) is 17.4. The van der Waals surface area contributed by atoms with Crippen molar-refractivity contribution in [2.45, 2.75) is 37.9 Å². The molecule has 3 rings (SSSR count). The summed E-state index contributed by atoms with van der Waals surface area (Å²) in [4.78, 5) is 17.1. The Bertz CT molecular complexity index is 1110. The minimum absolute atomic E-state index is 0.0609. The van der Waals surface area contributed by atoms with Crippen molar-refractivity contribution in [2.75, 3.05) is 7.11 Å². The van der Waals surface area contributed by atoms with Crippen molar-refractivity contribution in [3.05, 3.63) is 54.4 Å². The predicted molar refractivity (Wildman–Crippen MR) is 110 cm³/mol. The van der Waals surface area contributed by atoms with E-state index in [0.29, 0.717) is 18.1 Å². The maximum absolute atomic E-state index is 12.5. The second-order valence-electron chi connectivity index (χ2n) is 6.50. The number of aromatic nitrogens is 2. The third-order valence-corrected chi connectivity index (χ3v) is 6.12. The van der Waals surface area contributed by atoms with Gasteiger partial charge in [0.15, 0.2) is 0 Å². The molecule has 0 aliphatic rings. The van der Waals surface area contributed by atoms with Crippen molar-refractivity contribution in [2.24, 2.45) is 0 Å². The van der Waals surface area contributed by atoms with Gasteiger partial charge in [-0.15, -0.1) is 0 Å². The highest BCUT2D eigenvalue weighted by atomic mass is 32.2. The average molecular weight is 417 g/mol. The molecule has 9 heteroatoms. The Balaban J connectivity index is 1.66. The van der Waals surface area contributed by atoms with E-state index in [1.54, 1.807) is 12.1 Å². The molecule has 0 fully saturated rings. The summed E-state index contributed by atoms with van der Waals surface area (Å²) >= 11 is 0. The third-order valence-electron chi connectivity index (χ3n) is 4.57. The quantitative estimate of drug-likeness (QED) is 0.585. The largest absolute Gasteiger partial charge is 0.497 e. The average Bonchev–Trinajstić information content (AvgIpc) is 3.09. The Kier molecular flexibility index (Phi) is 6.19. The summed E-state index contributed by atoms with van der Waals surface area (Å²) in [5.74, 6) is 0.831. The molecule has 1 atom stereocenters. The molecule has 1 aromatic heterocycles. The van der Waals surface area contributed by atoms with Crippen LogP contribution in [0.5, 0.6) is 5.75 Å². The molecule has 0 aliphatic carbocycles. The van der Waals surface area contributed by atoms with E-state index in [1.165, 1.54) is 26.2 Å². The third kappa shape index (κ3) is 4.57. The number of ether oxygens (including phenoxy) is 1. The maximum Gasteiger partial charge on any atom is 0.241 e. The van der Waals surface area contributed by atoms with Crippen LogP contribution >= 0.6 is 0 Å². The lowest BCUT2D eigenvalue weighted by molar-refractivity contribution is -0.122. The van der Waals surface area contributed by atoms with Gasteiger partial charge in [-0.05, 0) is 50.2 Å². The standard InChI is InChI=1S/C20H24N4O4S/c1-4-24-18-8-6-5-7-17(18)22-19(24)13-21-20(25)14(2)23-29(26,27)16-11-9-15(28-3)10-12-16/h5-12,14,23H,4,13H2,1-3H3,(H,21,25)/t14-/m0/s1. The van der Waals surface area contributed by atoms with Gasteiger partial charge in [0.2, 0.25) is 15.9 Å². The number of fused-ring (bicyclic) bond motifs is 1. The van der Waals surface area contributed by atoms with E-state index in [4.69, 9.17) is 4.74 Å². The van der Waals surface area contributed by atoms with Crippen LogP contribution in [0.1, 0.15) is 19.7 Å². The lowest BCUT2D eigenvalue weighted by Gasteiger charge is -2.15. The van der Waals surface area contributed by atoms with E-state index in [1.807, 2.05) is 35.8 Å². The lowest BCUT2D eigenvalue weighted by atomic mass is 10.3. The molecule has 0 saturated carbocycles. The second kappa shape index (κ2) is 8.62. The summed E-state index contributed by atoms with van der Waals surface area (Å²) in [6, 6.07) is 12.7. The van der Waals surface area contributed by atoms with Gasteiger partial charge in [-0.2, -0.15) is 4.72 Å². The second-order valence-corrected chi connectivity index (χ2v) is 8.21. The molecule has 0 aliphatic heterocycles. The van der Waals surface area contributed by atoms with Crippen LogP contribution in [0.15, 0.2) is 53.4 Å². The molecule has 0 spiro atoms. The van der Waals surface area contributed by atoms with Gasteiger partial charge in [0.05, 0.1) is 35.6 Å². The fourth-order valence-electron chi connectivity index (χ4n) is 3.04. The first-order valence-corrected chi connectivity index (χ1v) is 10.7. The summed E-state index contributed by atoms with van der Waals surface area (Å²) in [6.07, 6.45) is 0. The summed E-state index contributed by atoms with van der Waals surface area (Å²) in [5.41, 5.74) is 1.85. The van der Waals surface area contributed by atoms with E-state index in [9.17, 15) is 13.2 Å². The van der Waals surface area contributed by atoms with Gasteiger partial charge in [-0.3, -0.25) is 4.79 Å². The number of sulfonamides is 1. The van der Waals surface area contributed by atoms with Crippen LogP contribution < -0.4 is 14.8 Å². The van der Waals surface area contributed by atoms with E-state index in [2.05, 4.69) is 15.0 Å². The normalized spacial score (nSPS) is 12.7. The number of carbonyl (C=O) groups excluding carboxylic acids is 1. The van der Waals surface area contributed by atoms with Crippen molar-refractivity contribution < 1.29 is 17.9 Å². The fourth-order valence-corrected chi connectivity index (χ4v) is 4.24. The highest BCUT2D eigenvalue weighted by Gasteiger charge is 2.22. The smallest absolute Gasteiger partial charge is 0.241 e. The minimum atomic E-state index is -3.83. The molecular weight excluding hydrogens is 392 g/mol. The summed E-state index contributed by atoms with van der Waals surface area (Å²) in [7, 11) is -2.33. The number of nitrogens with zero attached hydrogens (tertiary/aromatic N) is 2. The number of nitrogens with one attached hydrogen (secondary N) is 2. The fraction of sp³-hybridized carbons (Fsp3) is 0.300. The molecule has 154 valence electrons. The van der Waals surface area contributed by atoms with Gasteiger partial charge in [0, 0.05) is 6.54 Å². The van der Waals surface area contributed by atoms with Crippen LogP contribution in [-0.2, 0) is 27.9 Å². The molecule has 1 amide bonds. The maximum atomic E-state index is 12.5. The van der Waals surface area contributed by atoms with Gasteiger partial charge < -0.3 is 14.6 Å². The Hall–Kier alpha value is -2.91. The van der Waals surface area contributed by atoms with Crippen molar-refractivity contribution in [3.8, 4) is 5.75 Å². The first kappa shape index (κ1) is 20.8. The summed E-state index contributed by atoms with van der Waals surface area (Å²) < 4.78 is 34.4. The topological polar surface area (TPSA) is 102 Å². The van der Waals surface area contributed by atoms with E-state index in [-0.39, 0.29) is 11.4 Å². The van der Waals surface area contributed by atoms with Gasteiger partial charge in [-0.1, -0.05) is 12.1 Å². The number of imidazole rings is 1. The Labute approximate surface area is 169 Å². The molecule has 3 aromatic rings. The SMILES string of the molecule is CCn1c(CNC(=O)[C@H](C)NS(=O)(=O)c2ccc(OC)cc2)nc2ccccc21. The van der Waals surface area contributed by atoms with Crippen LogP contribution in [0.4, 0.5) is 0 Å². The zero-order valence-electron chi connectivity index (χ0n) is 16.5. The molecule has 2 aromatic carbocycles. The molecule has 0 radical (unpaired) electrons. The van der Waals surface area contributed by atoms with Crippen LogP contribution in [0.2, 0.25) is 0 Å². The van der Waals surface area contributed by atoms with Crippen LogP contribution in [0.25, 0.3) is 11.0 Å². The van der Waals surface area contributed by atoms with Gasteiger partial charge >= 0.3 is 0 Å². The van der Waals surface area contributed by atoms with Crippen molar-refractivity contribution in [1.29, 1.82) is 0 Å². The Morgan fingerprint density at radius 1 is 1.17 bits per heavy atom. The molecular formula is C20H24N4O4S. The van der Waals surface area contributed by atoms with Crippen molar-refractivity contribution in [1.82, 2.24) is 19.6 Å². The van der Waals surface area contributed by atoms with E-state index >= 15 is 0 Å². The number of amides is 1. The number of hydrogen-bond donors (Lipinski definition) is 2. The number of benzene rings is 2. The van der Waals surface area contributed by atoms with E-state index < -0.39 is 22.0 Å². The van der Waals surface area contributed by atoms with Gasteiger partial charge in [0.1, 0.15) is 11.6 Å². The molecule has 1 heterocycles. The number of carbonyl (C=O) groups is 1. The first-order valence-electron chi connectivity index (χ1n) is 9.24. The lowest BCUT2D eigenvalue weighted by Crippen LogP contribution is -2.44. The van der Waals surface area contributed by atoms with Crippen LogP contribution in [0, 0.1) is 0 Å². The number of hydrogen-bond acceptors (Lipinski definition) is 5. The monoisotopic (exact) mass is 416 g/mol. The van der Waals surface area contributed by atoms with E-state index in [0.717, 1.165) is 11.0 Å². The van der Waals surface area contributed by atoms with Crippen LogP contribution in [0.3, 0.4) is 0 Å². The summed E-state index contributed by atoms with van der Waals surface area (Å²) in [6.45, 7) is 4.42. The van der Waals surface area contributed by atoms with Crippen molar-refractivity contribution in [3.63, 3.8) is 0 Å². The highest BCUT2D eigenvalue weighted by molar-refractivity contribution is 7.89. The minimum Gasteiger partial charge on any atom is -0.497 e. The highest BCUT2D eigenvalue weighted by Crippen LogP contribution is 2.17.